The number of hydrogen-bond acceptors (Lipinski definition) is 5. The molecule has 0 aliphatic heterocycles. The Morgan fingerprint density at radius 2 is 2.23 bits per heavy atom. The number of thiazole rings is 1. The van der Waals surface area contributed by atoms with E-state index in [1.807, 2.05) is 24.3 Å². The second kappa shape index (κ2) is 9.66. The summed E-state index contributed by atoms with van der Waals surface area (Å²) in [5.74, 6) is 0. The number of alkyl halides is 1. The summed E-state index contributed by atoms with van der Waals surface area (Å²) in [5, 5.41) is 6.11. The third-order valence-corrected chi connectivity index (χ3v) is 6.02. The molecule has 0 bridgehead atoms. The topological polar surface area (TPSA) is 56.2 Å². The molecule has 4 rings (SSSR count). The lowest BCUT2D eigenvalue weighted by Crippen LogP contribution is -2.22. The van der Waals surface area contributed by atoms with Crippen molar-refractivity contribution in [2.24, 2.45) is 0 Å². The molecule has 3 aromatic rings. The monoisotopic (exact) mass is 445 g/mol. The van der Waals surface area contributed by atoms with Crippen molar-refractivity contribution in [2.75, 3.05) is 13.2 Å². The Kier molecular flexibility index (Phi) is 6.74. The highest BCUT2D eigenvalue weighted by Crippen LogP contribution is 2.37. The molecule has 0 saturated carbocycles. The van der Waals surface area contributed by atoms with Crippen LogP contribution in [0.2, 0.25) is 5.15 Å². The van der Waals surface area contributed by atoms with Crippen molar-refractivity contribution in [2.45, 2.75) is 25.7 Å². The van der Waals surface area contributed by atoms with Gasteiger partial charge in [-0.25, -0.2) is 9.37 Å². The third kappa shape index (κ3) is 4.87. The number of ether oxygens (including phenoxy) is 1. The van der Waals surface area contributed by atoms with E-state index in [1.54, 1.807) is 28.3 Å². The van der Waals surface area contributed by atoms with Crippen LogP contribution in [0.4, 0.5) is 4.39 Å². The van der Waals surface area contributed by atoms with Gasteiger partial charge in [-0.1, -0.05) is 35.9 Å². The fourth-order valence-electron chi connectivity index (χ4n) is 3.49. The quantitative estimate of drug-likeness (QED) is 0.511. The SMILES string of the molecule is O=c1ccccn1C1=Cc2ccc(CNCCF)cc2C(OCc2nc(Cl)cs2)C1. The zero-order valence-electron chi connectivity index (χ0n) is 16.2. The van der Waals surface area contributed by atoms with Crippen LogP contribution in [-0.2, 0) is 17.9 Å². The van der Waals surface area contributed by atoms with Crippen LogP contribution >= 0.6 is 22.9 Å². The van der Waals surface area contributed by atoms with E-state index in [4.69, 9.17) is 16.3 Å². The second-order valence-corrected chi connectivity index (χ2v) is 8.27. The molecule has 1 aliphatic rings. The van der Waals surface area contributed by atoms with Gasteiger partial charge in [-0.3, -0.25) is 9.36 Å². The Morgan fingerprint density at radius 1 is 1.33 bits per heavy atom. The standard InChI is InChI=1S/C22H21ClFN3O2S/c23-20-14-30-21(26-20)13-29-19-11-17(27-8-2-1-3-22(27)28)10-16-5-4-15(9-18(16)19)12-25-7-6-24/h1-5,8-10,14,19,25H,6-7,11-13H2. The maximum atomic E-state index is 12.4. The second-order valence-electron chi connectivity index (χ2n) is 6.94. The molecule has 0 amide bonds. The number of aromatic nitrogens is 2. The maximum Gasteiger partial charge on any atom is 0.254 e. The Labute approximate surface area is 182 Å². The molecule has 0 radical (unpaired) electrons. The number of pyridine rings is 1. The van der Waals surface area contributed by atoms with Crippen molar-refractivity contribution in [3.8, 4) is 0 Å². The molecule has 1 aliphatic carbocycles. The van der Waals surface area contributed by atoms with E-state index in [2.05, 4.69) is 16.4 Å². The third-order valence-electron chi connectivity index (χ3n) is 4.88. The minimum atomic E-state index is -0.398. The number of fused-ring (bicyclic) bond motifs is 1. The molecule has 0 fully saturated rings. The van der Waals surface area contributed by atoms with E-state index >= 15 is 0 Å². The van der Waals surface area contributed by atoms with Crippen LogP contribution in [-0.4, -0.2) is 22.8 Å². The molecule has 8 heteroatoms. The molecule has 2 aromatic heterocycles. The van der Waals surface area contributed by atoms with E-state index in [1.165, 1.54) is 11.3 Å². The number of nitrogens with one attached hydrogen (secondary N) is 1. The van der Waals surface area contributed by atoms with Gasteiger partial charge in [0, 0.05) is 42.9 Å². The summed E-state index contributed by atoms with van der Waals surface area (Å²) in [6.45, 7) is 0.845. The van der Waals surface area contributed by atoms with Gasteiger partial charge < -0.3 is 10.1 Å². The minimum Gasteiger partial charge on any atom is -0.366 e. The summed E-state index contributed by atoms with van der Waals surface area (Å²) >= 11 is 7.38. The van der Waals surface area contributed by atoms with E-state index in [0.717, 1.165) is 27.4 Å². The Morgan fingerprint density at radius 3 is 3.00 bits per heavy atom. The minimum absolute atomic E-state index is 0.0790. The Hall–Kier alpha value is -2.32. The fourth-order valence-corrected chi connectivity index (χ4v) is 4.35. The molecule has 1 aromatic carbocycles. The molecule has 1 unspecified atom stereocenters. The molecule has 1 atom stereocenters. The average molecular weight is 446 g/mol. The lowest BCUT2D eigenvalue weighted by atomic mass is 9.90. The molecule has 2 heterocycles. The van der Waals surface area contributed by atoms with Gasteiger partial charge in [-0.15, -0.1) is 11.3 Å². The predicted octanol–water partition coefficient (Wildman–Crippen LogP) is 4.68. The number of hydrogen-bond donors (Lipinski definition) is 1. The van der Waals surface area contributed by atoms with Crippen LogP contribution in [0.5, 0.6) is 0 Å². The first kappa shape index (κ1) is 20.9. The van der Waals surface area contributed by atoms with Crippen molar-refractivity contribution in [1.82, 2.24) is 14.9 Å². The van der Waals surface area contributed by atoms with Crippen LogP contribution in [0.3, 0.4) is 0 Å². The first-order chi connectivity index (χ1) is 14.6. The van der Waals surface area contributed by atoms with Crippen LogP contribution in [0.15, 0.2) is 52.8 Å². The van der Waals surface area contributed by atoms with E-state index in [-0.39, 0.29) is 11.7 Å². The number of halogens is 2. The number of benzene rings is 1. The number of nitrogens with zero attached hydrogens (tertiary/aromatic N) is 2. The summed E-state index contributed by atoms with van der Waals surface area (Å²) in [6, 6.07) is 11.2. The first-order valence-corrected chi connectivity index (χ1v) is 10.9. The lowest BCUT2D eigenvalue weighted by molar-refractivity contribution is 0.0415. The van der Waals surface area contributed by atoms with E-state index < -0.39 is 6.67 Å². The highest BCUT2D eigenvalue weighted by Gasteiger charge is 2.24. The largest absolute Gasteiger partial charge is 0.366 e. The zero-order valence-corrected chi connectivity index (χ0v) is 17.8. The van der Waals surface area contributed by atoms with Crippen molar-refractivity contribution >= 4 is 34.7 Å². The molecule has 1 N–H and O–H groups in total. The van der Waals surface area contributed by atoms with Crippen molar-refractivity contribution < 1.29 is 9.13 Å². The zero-order chi connectivity index (χ0) is 20.9. The summed E-state index contributed by atoms with van der Waals surface area (Å²) in [5.41, 5.74) is 3.90. The van der Waals surface area contributed by atoms with Gasteiger partial charge in [0.05, 0.1) is 12.7 Å². The summed E-state index contributed by atoms with van der Waals surface area (Å²) in [4.78, 5) is 16.6. The number of rotatable bonds is 8. The first-order valence-electron chi connectivity index (χ1n) is 9.63. The van der Waals surface area contributed by atoms with Crippen LogP contribution in [0, 0.1) is 0 Å². The summed E-state index contributed by atoms with van der Waals surface area (Å²) in [6.07, 6.45) is 4.11. The predicted molar refractivity (Wildman–Crippen MR) is 118 cm³/mol. The van der Waals surface area contributed by atoms with Gasteiger partial charge in [0.25, 0.3) is 5.56 Å². The smallest absolute Gasteiger partial charge is 0.254 e. The fraction of sp³-hybridized carbons (Fsp3) is 0.273. The van der Waals surface area contributed by atoms with Gasteiger partial charge in [0.1, 0.15) is 16.8 Å². The molecule has 156 valence electrons. The average Bonchev–Trinajstić information content (AvgIpc) is 3.17. The van der Waals surface area contributed by atoms with Gasteiger partial charge in [-0.2, -0.15) is 0 Å². The van der Waals surface area contributed by atoms with E-state index in [0.29, 0.717) is 31.3 Å². The molecular formula is C22H21ClFN3O2S. The Bertz CT molecular complexity index is 1110. The molecule has 5 nitrogen and oxygen atoms in total. The highest BCUT2D eigenvalue weighted by molar-refractivity contribution is 7.10. The van der Waals surface area contributed by atoms with Crippen LogP contribution in [0.1, 0.15) is 34.2 Å². The maximum absolute atomic E-state index is 12.4. The molecule has 0 saturated heterocycles. The van der Waals surface area contributed by atoms with E-state index in [9.17, 15) is 9.18 Å². The van der Waals surface area contributed by atoms with Crippen molar-refractivity contribution in [1.29, 1.82) is 0 Å². The molecular weight excluding hydrogens is 425 g/mol. The highest BCUT2D eigenvalue weighted by atomic mass is 35.5. The van der Waals surface area contributed by atoms with Gasteiger partial charge in [0.15, 0.2) is 0 Å². The molecule has 30 heavy (non-hydrogen) atoms. The van der Waals surface area contributed by atoms with Crippen molar-refractivity contribution in [3.63, 3.8) is 0 Å². The van der Waals surface area contributed by atoms with Gasteiger partial charge in [0.2, 0.25) is 0 Å². The van der Waals surface area contributed by atoms with Gasteiger partial charge in [-0.05, 0) is 28.8 Å². The Balaban J connectivity index is 1.64. The summed E-state index contributed by atoms with van der Waals surface area (Å²) in [7, 11) is 0. The van der Waals surface area contributed by atoms with Crippen LogP contribution < -0.4 is 10.9 Å². The van der Waals surface area contributed by atoms with Gasteiger partial charge >= 0.3 is 0 Å². The summed E-state index contributed by atoms with van der Waals surface area (Å²) < 4.78 is 20.3. The van der Waals surface area contributed by atoms with Crippen molar-refractivity contribution in [3.05, 3.63) is 85.2 Å². The molecule has 0 spiro atoms. The normalized spacial score (nSPS) is 15.7. The lowest BCUT2D eigenvalue weighted by Gasteiger charge is -2.27. The van der Waals surface area contributed by atoms with Crippen LogP contribution in [0.25, 0.3) is 11.8 Å².